The van der Waals surface area contributed by atoms with Crippen molar-refractivity contribution in [3.05, 3.63) is 64.7 Å². The van der Waals surface area contributed by atoms with Gasteiger partial charge in [0.15, 0.2) is 5.96 Å². The molecule has 2 aromatic rings. The summed E-state index contributed by atoms with van der Waals surface area (Å²) < 4.78 is 0. The fourth-order valence-corrected chi connectivity index (χ4v) is 3.10. The van der Waals surface area contributed by atoms with Crippen LogP contribution in [-0.4, -0.2) is 23.3 Å². The zero-order valence-electron chi connectivity index (χ0n) is 15.5. The van der Waals surface area contributed by atoms with Crippen LogP contribution in [0.5, 0.6) is 0 Å². The molecule has 0 aromatic heterocycles. The maximum Gasteiger partial charge on any atom is 0.222 e. The average Bonchev–Trinajstić information content (AvgIpc) is 3.02. The van der Waals surface area contributed by atoms with Crippen molar-refractivity contribution < 1.29 is 4.79 Å². The molecule has 26 heavy (non-hydrogen) atoms. The molecule has 136 valence electrons. The third-order valence-electron chi connectivity index (χ3n) is 4.75. The van der Waals surface area contributed by atoms with Crippen LogP contribution in [0.2, 0.25) is 0 Å². The van der Waals surface area contributed by atoms with Crippen molar-refractivity contribution in [1.82, 2.24) is 4.90 Å². The van der Waals surface area contributed by atoms with Crippen molar-refractivity contribution in [2.75, 3.05) is 11.9 Å². The molecule has 0 radical (unpaired) electrons. The number of nitrogens with two attached hydrogens (primary N) is 1. The quantitative estimate of drug-likeness (QED) is 0.642. The molecule has 0 saturated carbocycles. The standard InChI is InChI=1S/C21H26N4O/c1-15-8-9-19(11-16(15)2)24-21(22)23-13-17-5-3-6-18(12-17)14-25-10-4-7-20(25)26/h3,5-6,8-9,11-12H,4,7,10,13-14H2,1-2H3,(H3,22,23,24). The van der Waals surface area contributed by atoms with Gasteiger partial charge in [0.25, 0.3) is 0 Å². The van der Waals surface area contributed by atoms with Gasteiger partial charge in [0.1, 0.15) is 0 Å². The highest BCUT2D eigenvalue weighted by Gasteiger charge is 2.19. The monoisotopic (exact) mass is 350 g/mol. The first kappa shape index (κ1) is 18.0. The maximum atomic E-state index is 11.8. The second-order valence-electron chi connectivity index (χ2n) is 6.86. The van der Waals surface area contributed by atoms with Gasteiger partial charge in [0, 0.05) is 25.2 Å². The molecule has 3 rings (SSSR count). The third-order valence-corrected chi connectivity index (χ3v) is 4.75. The molecule has 0 bridgehead atoms. The van der Waals surface area contributed by atoms with Gasteiger partial charge in [0.2, 0.25) is 5.91 Å². The molecule has 5 heteroatoms. The zero-order chi connectivity index (χ0) is 18.5. The van der Waals surface area contributed by atoms with Gasteiger partial charge in [-0.25, -0.2) is 4.99 Å². The molecule has 3 N–H and O–H groups in total. The van der Waals surface area contributed by atoms with E-state index in [9.17, 15) is 4.79 Å². The normalized spacial score (nSPS) is 14.8. The van der Waals surface area contributed by atoms with Crippen molar-refractivity contribution in [2.24, 2.45) is 10.7 Å². The van der Waals surface area contributed by atoms with Crippen LogP contribution in [0.15, 0.2) is 47.5 Å². The van der Waals surface area contributed by atoms with Crippen molar-refractivity contribution in [1.29, 1.82) is 0 Å². The minimum Gasteiger partial charge on any atom is -0.370 e. The Kier molecular flexibility index (Phi) is 5.56. The number of carbonyl (C=O) groups is 1. The highest BCUT2D eigenvalue weighted by atomic mass is 16.2. The first-order chi connectivity index (χ1) is 12.5. The molecule has 1 amide bonds. The summed E-state index contributed by atoms with van der Waals surface area (Å²) in [6.45, 7) is 6.19. The number of anilines is 1. The van der Waals surface area contributed by atoms with Gasteiger partial charge in [-0.3, -0.25) is 4.79 Å². The van der Waals surface area contributed by atoms with Crippen LogP contribution in [0.3, 0.4) is 0 Å². The van der Waals surface area contributed by atoms with E-state index in [4.69, 9.17) is 5.73 Å². The number of hydrogen-bond acceptors (Lipinski definition) is 2. The van der Waals surface area contributed by atoms with E-state index in [1.807, 2.05) is 23.1 Å². The summed E-state index contributed by atoms with van der Waals surface area (Å²) in [5.74, 6) is 0.642. The van der Waals surface area contributed by atoms with Gasteiger partial charge >= 0.3 is 0 Å². The number of nitrogens with one attached hydrogen (secondary N) is 1. The fraction of sp³-hybridized carbons (Fsp3) is 0.333. The number of nitrogens with zero attached hydrogens (tertiary/aromatic N) is 2. The van der Waals surface area contributed by atoms with Crippen LogP contribution in [0.4, 0.5) is 5.69 Å². The van der Waals surface area contributed by atoms with Gasteiger partial charge in [-0.1, -0.05) is 30.3 Å². The van der Waals surface area contributed by atoms with Crippen LogP contribution in [0, 0.1) is 13.8 Å². The number of benzene rings is 2. The lowest BCUT2D eigenvalue weighted by molar-refractivity contribution is -0.128. The molecular weight excluding hydrogens is 324 g/mol. The molecule has 0 aliphatic carbocycles. The van der Waals surface area contributed by atoms with E-state index in [2.05, 4.69) is 48.4 Å². The van der Waals surface area contributed by atoms with Crippen molar-refractivity contribution in [2.45, 2.75) is 39.8 Å². The second kappa shape index (κ2) is 8.04. The summed E-state index contributed by atoms with van der Waals surface area (Å²) in [6.07, 6.45) is 1.63. The second-order valence-corrected chi connectivity index (χ2v) is 6.86. The molecule has 2 aromatic carbocycles. The molecule has 1 heterocycles. The Hall–Kier alpha value is -2.82. The lowest BCUT2D eigenvalue weighted by Crippen LogP contribution is -2.24. The number of aryl methyl sites for hydroxylation is 2. The van der Waals surface area contributed by atoms with Crippen LogP contribution in [-0.2, 0) is 17.9 Å². The number of guanidine groups is 1. The molecule has 1 aliphatic rings. The smallest absolute Gasteiger partial charge is 0.222 e. The van der Waals surface area contributed by atoms with Crippen LogP contribution < -0.4 is 11.1 Å². The first-order valence-corrected chi connectivity index (χ1v) is 9.01. The minimum atomic E-state index is 0.246. The van der Waals surface area contributed by atoms with Crippen molar-refractivity contribution in [3.8, 4) is 0 Å². The Labute approximate surface area is 154 Å². The molecule has 1 fully saturated rings. The molecular formula is C21H26N4O. The molecule has 1 saturated heterocycles. The molecule has 0 atom stereocenters. The molecule has 0 spiro atoms. The number of hydrogen-bond donors (Lipinski definition) is 2. The van der Waals surface area contributed by atoms with E-state index in [1.54, 1.807) is 0 Å². The van der Waals surface area contributed by atoms with Crippen LogP contribution >= 0.6 is 0 Å². The van der Waals surface area contributed by atoms with Gasteiger partial charge in [-0.05, 0) is 54.7 Å². The summed E-state index contributed by atoms with van der Waals surface area (Å²) in [6, 6.07) is 14.3. The van der Waals surface area contributed by atoms with Crippen molar-refractivity contribution in [3.63, 3.8) is 0 Å². The van der Waals surface area contributed by atoms with Crippen molar-refractivity contribution >= 4 is 17.6 Å². The Morgan fingerprint density at radius 3 is 2.69 bits per heavy atom. The van der Waals surface area contributed by atoms with Gasteiger partial charge < -0.3 is 16.0 Å². The summed E-state index contributed by atoms with van der Waals surface area (Å²) in [7, 11) is 0. The number of carbonyl (C=O) groups excluding carboxylic acids is 1. The summed E-state index contributed by atoms with van der Waals surface area (Å²) in [4.78, 5) is 18.1. The fourth-order valence-electron chi connectivity index (χ4n) is 3.10. The van der Waals surface area contributed by atoms with Crippen LogP contribution in [0.25, 0.3) is 0 Å². The van der Waals surface area contributed by atoms with E-state index in [1.165, 1.54) is 11.1 Å². The summed E-state index contributed by atoms with van der Waals surface area (Å²) in [5, 5.41) is 3.13. The van der Waals surface area contributed by atoms with E-state index >= 15 is 0 Å². The predicted molar refractivity (Wildman–Crippen MR) is 106 cm³/mol. The number of aliphatic imine (C=N–C) groups is 1. The van der Waals surface area contributed by atoms with Gasteiger partial charge in [0.05, 0.1) is 6.54 Å². The number of likely N-dealkylation sites (tertiary alicyclic amines) is 1. The van der Waals surface area contributed by atoms with E-state index < -0.39 is 0 Å². The zero-order valence-corrected chi connectivity index (χ0v) is 15.5. The van der Waals surface area contributed by atoms with Gasteiger partial charge in [-0.15, -0.1) is 0 Å². The molecule has 5 nitrogen and oxygen atoms in total. The predicted octanol–water partition coefficient (Wildman–Crippen LogP) is 3.35. The van der Waals surface area contributed by atoms with E-state index in [0.717, 1.165) is 29.8 Å². The Morgan fingerprint density at radius 2 is 1.96 bits per heavy atom. The lowest BCUT2D eigenvalue weighted by Gasteiger charge is -2.15. The Balaban J connectivity index is 1.61. The first-order valence-electron chi connectivity index (χ1n) is 9.01. The largest absolute Gasteiger partial charge is 0.370 e. The summed E-state index contributed by atoms with van der Waals surface area (Å²) in [5.41, 5.74) is 11.6. The van der Waals surface area contributed by atoms with Gasteiger partial charge in [-0.2, -0.15) is 0 Å². The minimum absolute atomic E-state index is 0.246. The molecule has 1 aliphatic heterocycles. The molecule has 0 unspecified atom stereocenters. The maximum absolute atomic E-state index is 11.8. The highest BCUT2D eigenvalue weighted by molar-refractivity contribution is 5.92. The van der Waals surface area contributed by atoms with E-state index in [-0.39, 0.29) is 5.91 Å². The summed E-state index contributed by atoms with van der Waals surface area (Å²) >= 11 is 0. The highest BCUT2D eigenvalue weighted by Crippen LogP contribution is 2.16. The number of amides is 1. The number of rotatable bonds is 5. The Bertz CT molecular complexity index is 829. The third kappa shape index (κ3) is 4.63. The SMILES string of the molecule is Cc1ccc(NC(N)=NCc2cccc(CN3CCCC3=O)c2)cc1C. The van der Waals surface area contributed by atoms with Crippen LogP contribution in [0.1, 0.15) is 35.1 Å². The lowest BCUT2D eigenvalue weighted by atomic mass is 10.1. The average molecular weight is 350 g/mol. The Morgan fingerprint density at radius 1 is 1.15 bits per heavy atom. The van der Waals surface area contributed by atoms with E-state index in [0.29, 0.717) is 25.5 Å². The topological polar surface area (TPSA) is 70.7 Å².